The highest BCUT2D eigenvalue weighted by Crippen LogP contribution is 2.27. The first-order valence-corrected chi connectivity index (χ1v) is 6.02. The molecule has 0 saturated carbocycles. The molecule has 0 heterocycles. The first-order chi connectivity index (χ1) is 9.99. The number of methoxy groups -OCH3 is 1. The molecule has 1 aromatic rings. The standard InChI is InChI=1S/C13H15N3O5/c1-21-10-4-2-3-8(7-14)11(10)16-13(20)15-6-5-9(17)12(18)19/h2-4,9,17H,5-6H2,1H3,(H,18,19)(H2,15,16,20). The van der Waals surface area contributed by atoms with Crippen molar-refractivity contribution in [1.82, 2.24) is 5.32 Å². The van der Waals surface area contributed by atoms with E-state index in [1.54, 1.807) is 12.1 Å². The van der Waals surface area contributed by atoms with Crippen LogP contribution in [-0.4, -0.2) is 42.0 Å². The summed E-state index contributed by atoms with van der Waals surface area (Å²) in [5.74, 6) is -1.02. The van der Waals surface area contributed by atoms with Crippen molar-refractivity contribution in [3.63, 3.8) is 0 Å². The summed E-state index contributed by atoms with van der Waals surface area (Å²) in [6, 6.07) is 6.02. The number of anilines is 1. The average Bonchev–Trinajstić information content (AvgIpc) is 2.47. The molecule has 0 aliphatic heterocycles. The van der Waals surface area contributed by atoms with Crippen LogP contribution >= 0.6 is 0 Å². The molecule has 112 valence electrons. The van der Waals surface area contributed by atoms with Crippen molar-refractivity contribution in [3.05, 3.63) is 23.8 Å². The number of carbonyl (C=O) groups is 2. The predicted molar refractivity (Wildman–Crippen MR) is 73.0 cm³/mol. The van der Waals surface area contributed by atoms with Crippen LogP contribution in [0.5, 0.6) is 5.75 Å². The van der Waals surface area contributed by atoms with Gasteiger partial charge >= 0.3 is 12.0 Å². The minimum atomic E-state index is -1.54. The Kier molecular flexibility index (Phi) is 5.98. The van der Waals surface area contributed by atoms with Gasteiger partial charge in [0.25, 0.3) is 0 Å². The van der Waals surface area contributed by atoms with E-state index in [2.05, 4.69) is 10.6 Å². The molecule has 0 aliphatic rings. The normalized spacial score (nSPS) is 11.1. The van der Waals surface area contributed by atoms with Crippen LogP contribution in [0.15, 0.2) is 18.2 Å². The van der Waals surface area contributed by atoms with Crippen LogP contribution in [0.25, 0.3) is 0 Å². The van der Waals surface area contributed by atoms with Gasteiger partial charge in [0.15, 0.2) is 6.10 Å². The molecule has 0 fully saturated rings. The Morgan fingerprint density at radius 3 is 2.76 bits per heavy atom. The molecule has 0 spiro atoms. The number of amides is 2. The van der Waals surface area contributed by atoms with E-state index in [9.17, 15) is 9.59 Å². The minimum Gasteiger partial charge on any atom is -0.495 e. The number of nitrogens with one attached hydrogen (secondary N) is 2. The number of carboxylic acid groups (broad SMARTS) is 1. The van der Waals surface area contributed by atoms with Crippen molar-refractivity contribution >= 4 is 17.7 Å². The Labute approximate surface area is 121 Å². The van der Waals surface area contributed by atoms with E-state index in [1.807, 2.05) is 6.07 Å². The van der Waals surface area contributed by atoms with E-state index < -0.39 is 18.1 Å². The number of nitriles is 1. The lowest BCUT2D eigenvalue weighted by Crippen LogP contribution is -2.33. The van der Waals surface area contributed by atoms with Gasteiger partial charge in [0.1, 0.15) is 17.5 Å². The Morgan fingerprint density at radius 1 is 1.48 bits per heavy atom. The summed E-state index contributed by atoms with van der Waals surface area (Å²) in [5, 5.41) is 31.4. The fourth-order valence-corrected chi connectivity index (χ4v) is 1.53. The molecule has 1 unspecified atom stereocenters. The fraction of sp³-hybridized carbons (Fsp3) is 0.308. The van der Waals surface area contributed by atoms with Gasteiger partial charge in [-0.2, -0.15) is 5.26 Å². The molecule has 1 atom stereocenters. The Hall–Kier alpha value is -2.79. The lowest BCUT2D eigenvalue weighted by molar-refractivity contribution is -0.146. The third-order valence-corrected chi connectivity index (χ3v) is 2.59. The van der Waals surface area contributed by atoms with Gasteiger partial charge in [-0.05, 0) is 12.1 Å². The maximum absolute atomic E-state index is 11.7. The summed E-state index contributed by atoms with van der Waals surface area (Å²) in [7, 11) is 1.41. The number of aliphatic hydroxyl groups is 1. The van der Waals surface area contributed by atoms with E-state index in [0.29, 0.717) is 5.75 Å². The van der Waals surface area contributed by atoms with Crippen LogP contribution in [0.3, 0.4) is 0 Å². The second-order valence-corrected chi connectivity index (χ2v) is 4.02. The zero-order valence-electron chi connectivity index (χ0n) is 11.3. The molecule has 0 aliphatic carbocycles. The number of nitrogens with zero attached hydrogens (tertiary/aromatic N) is 1. The number of carbonyl (C=O) groups excluding carboxylic acids is 1. The van der Waals surface area contributed by atoms with Crippen LogP contribution < -0.4 is 15.4 Å². The number of carboxylic acids is 1. The van der Waals surface area contributed by atoms with E-state index in [4.69, 9.17) is 20.2 Å². The lowest BCUT2D eigenvalue weighted by atomic mass is 10.2. The highest BCUT2D eigenvalue weighted by Gasteiger charge is 2.14. The van der Waals surface area contributed by atoms with Crippen molar-refractivity contribution in [2.24, 2.45) is 0 Å². The van der Waals surface area contributed by atoms with Gasteiger partial charge in [-0.25, -0.2) is 9.59 Å². The molecule has 0 saturated heterocycles. The molecule has 4 N–H and O–H groups in total. The summed E-state index contributed by atoms with van der Waals surface area (Å²) in [4.78, 5) is 22.1. The smallest absolute Gasteiger partial charge is 0.332 e. The van der Waals surface area contributed by atoms with Crippen molar-refractivity contribution < 1.29 is 24.5 Å². The molecule has 0 aromatic heterocycles. The number of ether oxygens (including phenoxy) is 1. The van der Waals surface area contributed by atoms with Gasteiger partial charge in [0.05, 0.1) is 12.7 Å². The van der Waals surface area contributed by atoms with Crippen molar-refractivity contribution in [1.29, 1.82) is 5.26 Å². The van der Waals surface area contributed by atoms with Gasteiger partial charge in [0.2, 0.25) is 0 Å². The highest BCUT2D eigenvalue weighted by atomic mass is 16.5. The first-order valence-electron chi connectivity index (χ1n) is 6.02. The highest BCUT2D eigenvalue weighted by molar-refractivity contribution is 5.92. The molecule has 0 radical (unpaired) electrons. The van der Waals surface area contributed by atoms with E-state index >= 15 is 0 Å². The number of hydrogen-bond acceptors (Lipinski definition) is 5. The quantitative estimate of drug-likeness (QED) is 0.604. The molecule has 2 amide bonds. The van der Waals surface area contributed by atoms with Gasteiger partial charge < -0.3 is 25.6 Å². The van der Waals surface area contributed by atoms with Crippen LogP contribution in [0.1, 0.15) is 12.0 Å². The molecule has 1 aromatic carbocycles. The third-order valence-electron chi connectivity index (χ3n) is 2.59. The van der Waals surface area contributed by atoms with Gasteiger partial charge in [0, 0.05) is 13.0 Å². The summed E-state index contributed by atoms with van der Waals surface area (Å²) >= 11 is 0. The maximum Gasteiger partial charge on any atom is 0.332 e. The number of aliphatic carboxylic acids is 1. The molecule has 0 bridgehead atoms. The summed E-state index contributed by atoms with van der Waals surface area (Å²) in [5.41, 5.74) is 0.453. The van der Waals surface area contributed by atoms with Gasteiger partial charge in [-0.3, -0.25) is 0 Å². The molecule has 8 nitrogen and oxygen atoms in total. The number of para-hydroxylation sites is 1. The SMILES string of the molecule is COc1cccc(C#N)c1NC(=O)NCCC(O)C(=O)O. The third kappa shape index (κ3) is 4.67. The number of benzene rings is 1. The second kappa shape index (κ2) is 7.72. The second-order valence-electron chi connectivity index (χ2n) is 4.02. The molecular formula is C13H15N3O5. The molecule has 1 rings (SSSR count). The maximum atomic E-state index is 11.7. The van der Waals surface area contributed by atoms with Crippen molar-refractivity contribution in [3.8, 4) is 11.8 Å². The van der Waals surface area contributed by atoms with E-state index in [0.717, 1.165) is 0 Å². The Balaban J connectivity index is 2.63. The summed E-state index contributed by atoms with van der Waals surface area (Å²) in [6.07, 6.45) is -1.66. The average molecular weight is 293 g/mol. The summed E-state index contributed by atoms with van der Waals surface area (Å²) in [6.45, 7) is -0.0314. The van der Waals surface area contributed by atoms with E-state index in [-0.39, 0.29) is 24.2 Å². The zero-order valence-corrected chi connectivity index (χ0v) is 11.3. The predicted octanol–water partition coefficient (Wildman–Crippen LogP) is 0.524. The zero-order chi connectivity index (χ0) is 15.8. The van der Waals surface area contributed by atoms with Gasteiger partial charge in [-0.1, -0.05) is 6.07 Å². The molecular weight excluding hydrogens is 278 g/mol. The monoisotopic (exact) mass is 293 g/mol. The lowest BCUT2D eigenvalue weighted by Gasteiger charge is -2.12. The van der Waals surface area contributed by atoms with Crippen molar-refractivity contribution in [2.45, 2.75) is 12.5 Å². The van der Waals surface area contributed by atoms with Crippen LogP contribution in [0.4, 0.5) is 10.5 Å². The Bertz CT molecular complexity index is 567. The number of aliphatic hydroxyl groups excluding tert-OH is 1. The molecule has 8 heteroatoms. The summed E-state index contributed by atoms with van der Waals surface area (Å²) < 4.78 is 5.05. The first kappa shape index (κ1) is 16.3. The number of urea groups is 1. The topological polar surface area (TPSA) is 132 Å². The van der Waals surface area contributed by atoms with E-state index in [1.165, 1.54) is 13.2 Å². The van der Waals surface area contributed by atoms with Gasteiger partial charge in [-0.15, -0.1) is 0 Å². The largest absolute Gasteiger partial charge is 0.495 e. The van der Waals surface area contributed by atoms with Crippen molar-refractivity contribution in [2.75, 3.05) is 19.0 Å². The fourth-order valence-electron chi connectivity index (χ4n) is 1.53. The minimum absolute atomic E-state index is 0.0314. The number of rotatable bonds is 6. The molecule has 21 heavy (non-hydrogen) atoms. The van der Waals surface area contributed by atoms with Crippen LogP contribution in [0, 0.1) is 11.3 Å². The number of hydrogen-bond donors (Lipinski definition) is 4. The Morgan fingerprint density at radius 2 is 2.19 bits per heavy atom. The van der Waals surface area contributed by atoms with Crippen LogP contribution in [0.2, 0.25) is 0 Å². The van der Waals surface area contributed by atoms with Crippen LogP contribution in [-0.2, 0) is 4.79 Å².